The summed E-state index contributed by atoms with van der Waals surface area (Å²) in [4.78, 5) is 8.75. The summed E-state index contributed by atoms with van der Waals surface area (Å²) in [5.41, 5.74) is 2.88. The van der Waals surface area contributed by atoms with Crippen molar-refractivity contribution in [3.63, 3.8) is 0 Å². The SMILES string of the molecule is Cc1c(-c2cccc(NS(=O)(=O)Cc3ccccc3F)c2)nc2ncccn12. The number of nitrogens with one attached hydrogen (secondary N) is 1. The van der Waals surface area contributed by atoms with Gasteiger partial charge in [-0.05, 0) is 31.2 Å². The highest BCUT2D eigenvalue weighted by Gasteiger charge is 2.16. The van der Waals surface area contributed by atoms with Gasteiger partial charge in [0.1, 0.15) is 5.82 Å². The van der Waals surface area contributed by atoms with E-state index < -0.39 is 21.6 Å². The van der Waals surface area contributed by atoms with Gasteiger partial charge in [0.2, 0.25) is 15.8 Å². The molecule has 0 saturated carbocycles. The summed E-state index contributed by atoms with van der Waals surface area (Å²) in [7, 11) is -3.77. The lowest BCUT2D eigenvalue weighted by molar-refractivity contribution is 0.591. The molecule has 28 heavy (non-hydrogen) atoms. The number of aryl methyl sites for hydroxylation is 1. The molecule has 0 spiro atoms. The number of fused-ring (bicyclic) bond motifs is 1. The lowest BCUT2D eigenvalue weighted by atomic mass is 10.1. The minimum Gasteiger partial charge on any atom is -0.288 e. The predicted octanol–water partition coefficient (Wildman–Crippen LogP) is 3.79. The topological polar surface area (TPSA) is 76.4 Å². The van der Waals surface area contributed by atoms with Crippen molar-refractivity contribution in [1.29, 1.82) is 0 Å². The van der Waals surface area contributed by atoms with Gasteiger partial charge in [0.05, 0.1) is 11.4 Å². The number of benzene rings is 2. The van der Waals surface area contributed by atoms with Crippen molar-refractivity contribution in [2.45, 2.75) is 12.7 Å². The fourth-order valence-corrected chi connectivity index (χ4v) is 4.24. The Kier molecular flexibility index (Phi) is 4.56. The minimum atomic E-state index is -3.77. The van der Waals surface area contributed by atoms with Crippen molar-refractivity contribution in [3.05, 3.63) is 84.1 Å². The molecule has 0 bridgehead atoms. The van der Waals surface area contributed by atoms with Crippen LogP contribution in [-0.4, -0.2) is 22.8 Å². The number of aromatic nitrogens is 3. The molecule has 1 N–H and O–H groups in total. The number of rotatable bonds is 5. The molecule has 0 aliphatic carbocycles. The molecule has 0 unspecified atom stereocenters. The number of halogens is 1. The Bertz CT molecular complexity index is 1270. The van der Waals surface area contributed by atoms with E-state index in [2.05, 4.69) is 14.7 Å². The zero-order valence-electron chi connectivity index (χ0n) is 15.0. The molecule has 0 saturated heterocycles. The standard InChI is InChI=1S/C20H17FN4O2S/c1-14-19(23-20-22-10-5-11-25(14)20)15-7-4-8-17(12-15)24-28(26,27)13-16-6-2-3-9-18(16)21/h2-12,24H,13H2,1H3. The van der Waals surface area contributed by atoms with Crippen LogP contribution < -0.4 is 4.72 Å². The van der Waals surface area contributed by atoms with E-state index in [4.69, 9.17) is 0 Å². The lowest BCUT2D eigenvalue weighted by Gasteiger charge is -2.10. The Hall–Kier alpha value is -3.26. The average Bonchev–Trinajstić information content (AvgIpc) is 3.00. The highest BCUT2D eigenvalue weighted by Crippen LogP contribution is 2.26. The van der Waals surface area contributed by atoms with E-state index in [-0.39, 0.29) is 5.56 Å². The maximum absolute atomic E-state index is 13.8. The normalized spacial score (nSPS) is 11.6. The second kappa shape index (κ2) is 7.05. The summed E-state index contributed by atoms with van der Waals surface area (Å²) < 4.78 is 43.1. The van der Waals surface area contributed by atoms with Gasteiger partial charge >= 0.3 is 0 Å². The monoisotopic (exact) mass is 396 g/mol. The number of sulfonamides is 1. The summed E-state index contributed by atoms with van der Waals surface area (Å²) in [6.45, 7) is 1.92. The van der Waals surface area contributed by atoms with Crippen molar-refractivity contribution < 1.29 is 12.8 Å². The van der Waals surface area contributed by atoms with Crippen LogP contribution in [0.4, 0.5) is 10.1 Å². The van der Waals surface area contributed by atoms with E-state index in [0.29, 0.717) is 17.2 Å². The van der Waals surface area contributed by atoms with Crippen LogP contribution >= 0.6 is 0 Å². The molecule has 4 aromatic rings. The minimum absolute atomic E-state index is 0.119. The van der Waals surface area contributed by atoms with E-state index in [9.17, 15) is 12.8 Å². The van der Waals surface area contributed by atoms with Crippen LogP contribution in [0.15, 0.2) is 67.0 Å². The summed E-state index contributed by atoms with van der Waals surface area (Å²) in [5, 5.41) is 0. The third-order valence-corrected chi connectivity index (χ3v) is 5.59. The predicted molar refractivity (Wildman–Crippen MR) is 106 cm³/mol. The molecule has 2 heterocycles. The van der Waals surface area contributed by atoms with E-state index in [1.807, 2.05) is 29.7 Å². The van der Waals surface area contributed by atoms with Crippen LogP contribution in [0.3, 0.4) is 0 Å². The van der Waals surface area contributed by atoms with Gasteiger partial charge in [0.25, 0.3) is 0 Å². The molecule has 8 heteroatoms. The maximum atomic E-state index is 13.8. The van der Waals surface area contributed by atoms with Crippen LogP contribution in [0.2, 0.25) is 0 Å². The largest absolute Gasteiger partial charge is 0.288 e. The number of hydrogen-bond acceptors (Lipinski definition) is 4. The van der Waals surface area contributed by atoms with Crippen molar-refractivity contribution >= 4 is 21.5 Å². The third-order valence-electron chi connectivity index (χ3n) is 4.36. The van der Waals surface area contributed by atoms with Gasteiger partial charge in [0, 0.05) is 34.9 Å². The highest BCUT2D eigenvalue weighted by atomic mass is 32.2. The second-order valence-electron chi connectivity index (χ2n) is 6.37. The van der Waals surface area contributed by atoms with Crippen molar-refractivity contribution in [3.8, 4) is 11.3 Å². The Morgan fingerprint density at radius 3 is 2.71 bits per heavy atom. The molecule has 0 aliphatic heterocycles. The van der Waals surface area contributed by atoms with E-state index in [1.54, 1.807) is 30.5 Å². The van der Waals surface area contributed by atoms with Gasteiger partial charge in [-0.25, -0.2) is 22.8 Å². The molecule has 0 amide bonds. The lowest BCUT2D eigenvalue weighted by Crippen LogP contribution is -2.15. The molecule has 142 valence electrons. The van der Waals surface area contributed by atoms with E-state index in [0.717, 1.165) is 11.3 Å². The molecule has 2 aromatic carbocycles. The van der Waals surface area contributed by atoms with Crippen LogP contribution in [-0.2, 0) is 15.8 Å². The smallest absolute Gasteiger partial charge is 0.237 e. The fourth-order valence-electron chi connectivity index (χ4n) is 3.04. The van der Waals surface area contributed by atoms with Crippen LogP contribution in [0, 0.1) is 12.7 Å². The highest BCUT2D eigenvalue weighted by molar-refractivity contribution is 7.91. The Balaban J connectivity index is 1.63. The van der Waals surface area contributed by atoms with Crippen LogP contribution in [0.1, 0.15) is 11.3 Å². The summed E-state index contributed by atoms with van der Waals surface area (Å²) >= 11 is 0. The quantitative estimate of drug-likeness (QED) is 0.557. The first-order valence-electron chi connectivity index (χ1n) is 8.57. The molecule has 0 fully saturated rings. The zero-order chi connectivity index (χ0) is 19.7. The summed E-state index contributed by atoms with van der Waals surface area (Å²) in [5.74, 6) is -0.420. The number of hydrogen-bond donors (Lipinski definition) is 1. The molecular formula is C20H17FN4O2S. The Morgan fingerprint density at radius 1 is 1.11 bits per heavy atom. The van der Waals surface area contributed by atoms with Crippen molar-refractivity contribution in [1.82, 2.24) is 14.4 Å². The molecule has 0 radical (unpaired) electrons. The number of anilines is 1. The Labute approximate surface area is 161 Å². The molecule has 2 aromatic heterocycles. The first-order valence-corrected chi connectivity index (χ1v) is 10.2. The summed E-state index contributed by atoms with van der Waals surface area (Å²) in [6, 6.07) is 14.6. The van der Waals surface area contributed by atoms with Crippen molar-refractivity contribution in [2.24, 2.45) is 0 Å². The van der Waals surface area contributed by atoms with E-state index in [1.165, 1.54) is 18.2 Å². The van der Waals surface area contributed by atoms with Crippen molar-refractivity contribution in [2.75, 3.05) is 4.72 Å². The van der Waals surface area contributed by atoms with Gasteiger partial charge in [0.15, 0.2) is 0 Å². The molecular weight excluding hydrogens is 379 g/mol. The molecule has 4 rings (SSSR count). The average molecular weight is 396 g/mol. The number of nitrogens with zero attached hydrogens (tertiary/aromatic N) is 3. The Morgan fingerprint density at radius 2 is 1.93 bits per heavy atom. The van der Waals surface area contributed by atoms with Gasteiger partial charge in [-0.2, -0.15) is 0 Å². The maximum Gasteiger partial charge on any atom is 0.237 e. The van der Waals surface area contributed by atoms with Crippen LogP contribution in [0.5, 0.6) is 0 Å². The summed E-state index contributed by atoms with van der Waals surface area (Å²) in [6.07, 6.45) is 3.54. The first kappa shape index (κ1) is 18.1. The fraction of sp³-hybridized carbons (Fsp3) is 0.100. The molecule has 0 atom stereocenters. The first-order chi connectivity index (χ1) is 13.4. The second-order valence-corrected chi connectivity index (χ2v) is 8.09. The molecule has 0 aliphatic rings. The van der Waals surface area contributed by atoms with Gasteiger partial charge < -0.3 is 0 Å². The van der Waals surface area contributed by atoms with Gasteiger partial charge in [-0.15, -0.1) is 0 Å². The van der Waals surface area contributed by atoms with Crippen LogP contribution in [0.25, 0.3) is 17.0 Å². The van der Waals surface area contributed by atoms with Gasteiger partial charge in [-0.1, -0.05) is 30.3 Å². The number of imidazole rings is 1. The molecule has 6 nitrogen and oxygen atoms in total. The van der Waals surface area contributed by atoms with Gasteiger partial charge in [-0.3, -0.25) is 9.12 Å². The van der Waals surface area contributed by atoms with E-state index >= 15 is 0 Å². The third kappa shape index (κ3) is 3.59. The zero-order valence-corrected chi connectivity index (χ0v) is 15.8.